The Labute approximate surface area is 125 Å². The predicted octanol–water partition coefficient (Wildman–Crippen LogP) is 3.08. The first-order valence-electron chi connectivity index (χ1n) is 6.71. The summed E-state index contributed by atoms with van der Waals surface area (Å²) in [6.07, 6.45) is 0. The summed E-state index contributed by atoms with van der Waals surface area (Å²) in [6, 6.07) is 17.2. The third-order valence-electron chi connectivity index (χ3n) is 3.17. The summed E-state index contributed by atoms with van der Waals surface area (Å²) in [5, 5.41) is 8.91. The normalized spacial score (nSPS) is 9.76. The van der Waals surface area contributed by atoms with E-state index in [0.717, 1.165) is 23.7 Å². The zero-order chi connectivity index (χ0) is 15.1. The number of nitrogens with zero attached hydrogens (tertiary/aromatic N) is 2. The van der Waals surface area contributed by atoms with Crippen molar-refractivity contribution >= 4 is 5.69 Å². The van der Waals surface area contributed by atoms with Crippen LogP contribution in [0.15, 0.2) is 48.5 Å². The lowest BCUT2D eigenvalue weighted by atomic mass is 10.2. The van der Waals surface area contributed by atoms with Crippen LogP contribution in [0.1, 0.15) is 5.56 Å². The maximum atomic E-state index is 8.91. The third-order valence-corrected chi connectivity index (χ3v) is 3.17. The number of methoxy groups -OCH3 is 1. The van der Waals surface area contributed by atoms with Gasteiger partial charge in [0, 0.05) is 12.7 Å². The fraction of sp³-hybridized carbons (Fsp3) is 0.235. The van der Waals surface area contributed by atoms with Gasteiger partial charge in [0.2, 0.25) is 0 Å². The number of nitriles is 1. The number of rotatable bonds is 6. The second kappa shape index (κ2) is 7.20. The van der Waals surface area contributed by atoms with Gasteiger partial charge in [0.05, 0.1) is 25.3 Å². The molecule has 0 spiro atoms. The van der Waals surface area contributed by atoms with E-state index in [-0.39, 0.29) is 0 Å². The van der Waals surface area contributed by atoms with Crippen LogP contribution in [-0.2, 0) is 0 Å². The molecule has 0 radical (unpaired) electrons. The van der Waals surface area contributed by atoms with Crippen molar-refractivity contribution in [2.75, 3.05) is 32.2 Å². The van der Waals surface area contributed by atoms with Gasteiger partial charge in [-0.1, -0.05) is 6.07 Å². The molecule has 0 N–H and O–H groups in total. The molecule has 0 heterocycles. The van der Waals surface area contributed by atoms with E-state index in [9.17, 15) is 0 Å². The monoisotopic (exact) mass is 282 g/mol. The predicted molar refractivity (Wildman–Crippen MR) is 82.9 cm³/mol. The molecule has 4 nitrogen and oxygen atoms in total. The Hall–Kier alpha value is -2.67. The Morgan fingerprint density at radius 1 is 1.10 bits per heavy atom. The maximum Gasteiger partial charge on any atom is 0.119 e. The van der Waals surface area contributed by atoms with Crippen molar-refractivity contribution in [2.45, 2.75) is 0 Å². The summed E-state index contributed by atoms with van der Waals surface area (Å²) in [7, 11) is 3.62. The number of likely N-dealkylation sites (N-methyl/N-ethyl adjacent to an activating group) is 1. The van der Waals surface area contributed by atoms with Crippen molar-refractivity contribution in [1.29, 1.82) is 5.26 Å². The first kappa shape index (κ1) is 14.7. The highest BCUT2D eigenvalue weighted by Gasteiger charge is 2.02. The molecule has 4 heteroatoms. The van der Waals surface area contributed by atoms with E-state index in [1.54, 1.807) is 13.2 Å². The first-order valence-corrected chi connectivity index (χ1v) is 6.71. The number of benzene rings is 2. The lowest BCUT2D eigenvalue weighted by Crippen LogP contribution is -2.23. The van der Waals surface area contributed by atoms with E-state index in [1.165, 1.54) is 0 Å². The van der Waals surface area contributed by atoms with Gasteiger partial charge in [-0.25, -0.2) is 0 Å². The largest absolute Gasteiger partial charge is 0.497 e. The quantitative estimate of drug-likeness (QED) is 0.816. The van der Waals surface area contributed by atoms with Crippen LogP contribution in [0.25, 0.3) is 0 Å². The molecule has 0 fully saturated rings. The van der Waals surface area contributed by atoms with Crippen molar-refractivity contribution in [1.82, 2.24) is 0 Å². The molecule has 0 aliphatic carbocycles. The maximum absolute atomic E-state index is 8.91. The molecule has 2 aromatic carbocycles. The molecule has 21 heavy (non-hydrogen) atoms. The zero-order valence-corrected chi connectivity index (χ0v) is 12.2. The minimum Gasteiger partial charge on any atom is -0.497 e. The van der Waals surface area contributed by atoms with E-state index >= 15 is 0 Å². The van der Waals surface area contributed by atoms with Crippen LogP contribution in [0.3, 0.4) is 0 Å². The molecule has 0 amide bonds. The highest BCUT2D eigenvalue weighted by atomic mass is 16.5. The smallest absolute Gasteiger partial charge is 0.119 e. The summed E-state index contributed by atoms with van der Waals surface area (Å²) in [6.45, 7) is 1.31. The molecule has 0 aliphatic rings. The van der Waals surface area contributed by atoms with Crippen molar-refractivity contribution < 1.29 is 9.47 Å². The summed E-state index contributed by atoms with van der Waals surface area (Å²) < 4.78 is 10.8. The SMILES string of the molecule is COc1ccc(OCCN(C)c2cccc(C#N)c2)cc1. The molecule has 2 rings (SSSR count). The Bertz CT molecular complexity index is 617. The van der Waals surface area contributed by atoms with E-state index < -0.39 is 0 Å². The molecule has 0 aliphatic heterocycles. The van der Waals surface area contributed by atoms with Gasteiger partial charge in [-0.3, -0.25) is 0 Å². The number of anilines is 1. The Morgan fingerprint density at radius 2 is 1.81 bits per heavy atom. The number of ether oxygens (including phenoxy) is 2. The van der Waals surface area contributed by atoms with Crippen molar-refractivity contribution in [3.8, 4) is 17.6 Å². The molecule has 0 bridgehead atoms. The van der Waals surface area contributed by atoms with Gasteiger partial charge in [0.25, 0.3) is 0 Å². The van der Waals surface area contributed by atoms with Gasteiger partial charge in [-0.2, -0.15) is 5.26 Å². The van der Waals surface area contributed by atoms with E-state index in [4.69, 9.17) is 14.7 Å². The van der Waals surface area contributed by atoms with Crippen LogP contribution in [0, 0.1) is 11.3 Å². The van der Waals surface area contributed by atoms with Gasteiger partial charge in [-0.05, 0) is 42.5 Å². The molecule has 108 valence electrons. The third kappa shape index (κ3) is 4.15. The molecule has 0 saturated heterocycles. The van der Waals surface area contributed by atoms with Gasteiger partial charge >= 0.3 is 0 Å². The van der Waals surface area contributed by atoms with E-state index in [0.29, 0.717) is 12.2 Å². The summed E-state index contributed by atoms with van der Waals surface area (Å²) >= 11 is 0. The minimum absolute atomic E-state index is 0.569. The minimum atomic E-state index is 0.569. The number of hydrogen-bond acceptors (Lipinski definition) is 4. The lowest BCUT2D eigenvalue weighted by Gasteiger charge is -2.19. The average molecular weight is 282 g/mol. The van der Waals surface area contributed by atoms with Crippen LogP contribution in [0.4, 0.5) is 5.69 Å². The summed E-state index contributed by atoms with van der Waals surface area (Å²) in [5.41, 5.74) is 1.67. The first-order chi connectivity index (χ1) is 10.2. The Kier molecular flexibility index (Phi) is 5.05. The zero-order valence-electron chi connectivity index (χ0n) is 12.2. The second-order valence-electron chi connectivity index (χ2n) is 4.61. The molecule has 0 saturated carbocycles. The molecular formula is C17H18N2O2. The van der Waals surface area contributed by atoms with Crippen LogP contribution in [0.2, 0.25) is 0 Å². The fourth-order valence-electron chi connectivity index (χ4n) is 1.91. The van der Waals surface area contributed by atoms with Crippen LogP contribution in [-0.4, -0.2) is 27.3 Å². The van der Waals surface area contributed by atoms with Gasteiger partial charge in [0.1, 0.15) is 18.1 Å². The van der Waals surface area contributed by atoms with Crippen LogP contribution < -0.4 is 14.4 Å². The molecule has 2 aromatic rings. The van der Waals surface area contributed by atoms with Crippen molar-refractivity contribution in [3.05, 3.63) is 54.1 Å². The van der Waals surface area contributed by atoms with Gasteiger partial charge in [-0.15, -0.1) is 0 Å². The second-order valence-corrected chi connectivity index (χ2v) is 4.61. The summed E-state index contributed by atoms with van der Waals surface area (Å²) in [4.78, 5) is 2.06. The van der Waals surface area contributed by atoms with Crippen molar-refractivity contribution in [3.63, 3.8) is 0 Å². The van der Waals surface area contributed by atoms with E-state index in [1.807, 2.05) is 49.5 Å². The Balaban J connectivity index is 1.85. The topological polar surface area (TPSA) is 45.5 Å². The fourth-order valence-corrected chi connectivity index (χ4v) is 1.91. The lowest BCUT2D eigenvalue weighted by molar-refractivity contribution is 0.325. The van der Waals surface area contributed by atoms with Crippen LogP contribution in [0.5, 0.6) is 11.5 Å². The molecule has 0 atom stereocenters. The molecule has 0 unspecified atom stereocenters. The highest BCUT2D eigenvalue weighted by Crippen LogP contribution is 2.17. The number of hydrogen-bond donors (Lipinski definition) is 0. The average Bonchev–Trinajstić information content (AvgIpc) is 2.55. The Morgan fingerprint density at radius 3 is 2.48 bits per heavy atom. The van der Waals surface area contributed by atoms with Gasteiger partial charge < -0.3 is 14.4 Å². The van der Waals surface area contributed by atoms with E-state index in [2.05, 4.69) is 11.0 Å². The van der Waals surface area contributed by atoms with Crippen molar-refractivity contribution in [2.24, 2.45) is 0 Å². The standard InChI is InChI=1S/C17H18N2O2/c1-19(15-5-3-4-14(12-15)13-18)10-11-21-17-8-6-16(20-2)7-9-17/h3-9,12H,10-11H2,1-2H3. The van der Waals surface area contributed by atoms with Gasteiger partial charge in [0.15, 0.2) is 0 Å². The van der Waals surface area contributed by atoms with Crippen LogP contribution >= 0.6 is 0 Å². The summed E-state index contributed by atoms with van der Waals surface area (Å²) in [5.74, 6) is 1.63. The molecular weight excluding hydrogens is 264 g/mol. The molecule has 0 aromatic heterocycles. The highest BCUT2D eigenvalue weighted by molar-refractivity contribution is 5.50.